The van der Waals surface area contributed by atoms with Crippen molar-refractivity contribution in [3.63, 3.8) is 0 Å². The summed E-state index contributed by atoms with van der Waals surface area (Å²) >= 11 is 0. The van der Waals surface area contributed by atoms with Crippen LogP contribution in [0.2, 0.25) is 0 Å². The molecule has 0 radical (unpaired) electrons. The van der Waals surface area contributed by atoms with Gasteiger partial charge in [-0.05, 0) is 43.0 Å². The topological polar surface area (TPSA) is 78.4 Å². The third-order valence-electron chi connectivity index (χ3n) is 3.11. The summed E-state index contributed by atoms with van der Waals surface area (Å²) in [6, 6.07) is 5.31. The van der Waals surface area contributed by atoms with Crippen molar-refractivity contribution in [1.29, 1.82) is 0 Å². The van der Waals surface area contributed by atoms with E-state index in [1.54, 1.807) is 12.1 Å². The molecular formula is C14H18N2O3. The average molecular weight is 262 g/mol. The molecule has 0 atom stereocenters. The van der Waals surface area contributed by atoms with Crippen LogP contribution in [0.1, 0.15) is 35.2 Å². The van der Waals surface area contributed by atoms with Gasteiger partial charge in [0.15, 0.2) is 0 Å². The van der Waals surface area contributed by atoms with E-state index in [-0.39, 0.29) is 18.4 Å². The van der Waals surface area contributed by atoms with Crippen molar-refractivity contribution in [3.05, 3.63) is 29.3 Å². The van der Waals surface area contributed by atoms with Crippen LogP contribution >= 0.6 is 0 Å². The Morgan fingerprint density at radius 3 is 3.00 bits per heavy atom. The molecule has 1 aromatic rings. The molecule has 1 aliphatic rings. The molecule has 5 nitrogen and oxygen atoms in total. The molecule has 0 saturated heterocycles. The number of carbonyl (C=O) groups excluding carboxylic acids is 2. The molecule has 0 aliphatic carbocycles. The van der Waals surface area contributed by atoms with Crippen molar-refractivity contribution in [2.24, 2.45) is 0 Å². The van der Waals surface area contributed by atoms with Crippen LogP contribution in [0.15, 0.2) is 18.2 Å². The number of nitrogens with one attached hydrogen (secondary N) is 2. The van der Waals surface area contributed by atoms with Crippen molar-refractivity contribution in [2.75, 3.05) is 18.5 Å². The molecule has 0 fully saturated rings. The first-order valence-electron chi connectivity index (χ1n) is 6.52. The van der Waals surface area contributed by atoms with Crippen LogP contribution in [0.3, 0.4) is 0 Å². The molecule has 102 valence electrons. The van der Waals surface area contributed by atoms with E-state index in [0.717, 1.165) is 24.1 Å². The molecular weight excluding hydrogens is 244 g/mol. The molecule has 1 aliphatic heterocycles. The number of aryl methyl sites for hydroxylation is 1. The first-order valence-corrected chi connectivity index (χ1v) is 6.52. The monoisotopic (exact) mass is 262 g/mol. The molecule has 3 N–H and O–H groups in total. The summed E-state index contributed by atoms with van der Waals surface area (Å²) in [5, 5.41) is 14.3. The Bertz CT molecular complexity index is 486. The number of hydrogen-bond donors (Lipinski definition) is 3. The summed E-state index contributed by atoms with van der Waals surface area (Å²) in [4.78, 5) is 23.3. The third kappa shape index (κ3) is 3.54. The van der Waals surface area contributed by atoms with E-state index >= 15 is 0 Å². The maximum atomic E-state index is 11.9. The quantitative estimate of drug-likeness (QED) is 0.710. The van der Waals surface area contributed by atoms with E-state index in [1.807, 2.05) is 6.07 Å². The smallest absolute Gasteiger partial charge is 0.251 e. The first-order chi connectivity index (χ1) is 9.20. The molecule has 2 rings (SSSR count). The van der Waals surface area contributed by atoms with Crippen LogP contribution in [0.5, 0.6) is 0 Å². The van der Waals surface area contributed by atoms with E-state index in [0.29, 0.717) is 24.9 Å². The van der Waals surface area contributed by atoms with E-state index < -0.39 is 0 Å². The zero-order valence-electron chi connectivity index (χ0n) is 10.7. The van der Waals surface area contributed by atoms with Gasteiger partial charge in [0.1, 0.15) is 0 Å². The Morgan fingerprint density at radius 1 is 1.37 bits per heavy atom. The fourth-order valence-corrected chi connectivity index (χ4v) is 2.10. The molecule has 1 heterocycles. The molecule has 0 spiro atoms. The fraction of sp³-hybridized carbons (Fsp3) is 0.429. The number of rotatable bonds is 4. The van der Waals surface area contributed by atoms with Crippen LogP contribution in [0, 0.1) is 0 Å². The number of carbonyl (C=O) groups is 2. The lowest BCUT2D eigenvalue weighted by Crippen LogP contribution is -2.25. The highest BCUT2D eigenvalue weighted by atomic mass is 16.3. The second-order valence-electron chi connectivity index (χ2n) is 4.61. The van der Waals surface area contributed by atoms with Gasteiger partial charge in [0.25, 0.3) is 5.91 Å². The fourth-order valence-electron chi connectivity index (χ4n) is 2.10. The summed E-state index contributed by atoms with van der Waals surface area (Å²) in [6.45, 7) is 0.527. The predicted molar refractivity (Wildman–Crippen MR) is 72.0 cm³/mol. The lowest BCUT2D eigenvalue weighted by atomic mass is 10.0. The highest BCUT2D eigenvalue weighted by Crippen LogP contribution is 2.23. The summed E-state index contributed by atoms with van der Waals surface area (Å²) in [6.07, 6.45) is 2.67. The van der Waals surface area contributed by atoms with Crippen LogP contribution in [-0.4, -0.2) is 30.1 Å². The van der Waals surface area contributed by atoms with E-state index in [4.69, 9.17) is 5.11 Å². The van der Waals surface area contributed by atoms with Crippen molar-refractivity contribution in [2.45, 2.75) is 25.7 Å². The van der Waals surface area contributed by atoms with Gasteiger partial charge in [-0.3, -0.25) is 9.59 Å². The van der Waals surface area contributed by atoms with Gasteiger partial charge in [0.2, 0.25) is 5.91 Å². The van der Waals surface area contributed by atoms with E-state index in [9.17, 15) is 9.59 Å². The Hall–Kier alpha value is -1.88. The molecule has 0 bridgehead atoms. The lowest BCUT2D eigenvalue weighted by molar-refractivity contribution is -0.116. The third-order valence-corrected chi connectivity index (χ3v) is 3.11. The summed E-state index contributed by atoms with van der Waals surface area (Å²) in [5.74, 6) is -0.120. The number of benzene rings is 1. The summed E-state index contributed by atoms with van der Waals surface area (Å²) in [7, 11) is 0. The zero-order chi connectivity index (χ0) is 13.7. The van der Waals surface area contributed by atoms with Crippen LogP contribution in [-0.2, 0) is 11.2 Å². The number of hydrogen-bond acceptors (Lipinski definition) is 3. The van der Waals surface area contributed by atoms with Gasteiger partial charge >= 0.3 is 0 Å². The molecule has 19 heavy (non-hydrogen) atoms. The zero-order valence-corrected chi connectivity index (χ0v) is 10.7. The van der Waals surface area contributed by atoms with Crippen molar-refractivity contribution in [1.82, 2.24) is 5.32 Å². The summed E-state index contributed by atoms with van der Waals surface area (Å²) in [5.41, 5.74) is 2.39. The predicted octanol–water partition coefficient (Wildman–Crippen LogP) is 1.07. The number of fused-ring (bicyclic) bond motifs is 1. The molecule has 0 saturated carbocycles. The van der Waals surface area contributed by atoms with Crippen LogP contribution in [0.4, 0.5) is 5.69 Å². The van der Waals surface area contributed by atoms with Gasteiger partial charge < -0.3 is 15.7 Å². The molecule has 0 aromatic heterocycles. The minimum atomic E-state index is -0.146. The Kier molecular flexibility index (Phi) is 4.52. The minimum absolute atomic E-state index is 0.0268. The number of aliphatic hydroxyl groups excluding tert-OH is 1. The van der Waals surface area contributed by atoms with Gasteiger partial charge in [-0.15, -0.1) is 0 Å². The van der Waals surface area contributed by atoms with Crippen molar-refractivity contribution < 1.29 is 14.7 Å². The second kappa shape index (κ2) is 6.33. The Labute approximate surface area is 112 Å². The number of amides is 2. The minimum Gasteiger partial charge on any atom is -0.396 e. The Balaban J connectivity index is 2.09. The molecule has 5 heteroatoms. The van der Waals surface area contributed by atoms with Crippen molar-refractivity contribution >= 4 is 17.5 Å². The van der Waals surface area contributed by atoms with E-state index in [1.165, 1.54) is 0 Å². The maximum Gasteiger partial charge on any atom is 0.251 e. The molecule has 2 amide bonds. The van der Waals surface area contributed by atoms with Gasteiger partial charge in [-0.2, -0.15) is 0 Å². The van der Waals surface area contributed by atoms with Gasteiger partial charge in [-0.25, -0.2) is 0 Å². The average Bonchev–Trinajstić information content (AvgIpc) is 2.58. The van der Waals surface area contributed by atoms with E-state index in [2.05, 4.69) is 10.6 Å². The van der Waals surface area contributed by atoms with Crippen LogP contribution in [0.25, 0.3) is 0 Å². The SMILES string of the molecule is O=C1CCCc2cc(C(=O)NCCCO)ccc2N1. The normalized spacial score (nSPS) is 14.3. The highest BCUT2D eigenvalue weighted by molar-refractivity contribution is 5.97. The largest absolute Gasteiger partial charge is 0.396 e. The standard InChI is InChI=1S/C14H18N2O3/c17-8-2-7-15-14(19)11-5-6-12-10(9-11)3-1-4-13(18)16-12/h5-6,9,17H,1-4,7-8H2,(H,15,19)(H,16,18). The van der Waals surface area contributed by atoms with Gasteiger partial charge in [0, 0.05) is 30.8 Å². The molecule has 0 unspecified atom stereocenters. The number of anilines is 1. The maximum absolute atomic E-state index is 11.9. The molecule has 1 aromatic carbocycles. The van der Waals surface area contributed by atoms with Gasteiger partial charge in [0.05, 0.1) is 0 Å². The lowest BCUT2D eigenvalue weighted by Gasteiger charge is -2.09. The highest BCUT2D eigenvalue weighted by Gasteiger charge is 2.14. The van der Waals surface area contributed by atoms with Gasteiger partial charge in [-0.1, -0.05) is 0 Å². The summed E-state index contributed by atoms with van der Waals surface area (Å²) < 4.78 is 0. The van der Waals surface area contributed by atoms with Crippen LogP contribution < -0.4 is 10.6 Å². The number of aliphatic hydroxyl groups is 1. The first kappa shape index (κ1) is 13.5. The van der Waals surface area contributed by atoms with Crippen molar-refractivity contribution in [3.8, 4) is 0 Å². The second-order valence-corrected chi connectivity index (χ2v) is 4.61. The Morgan fingerprint density at radius 2 is 2.21 bits per heavy atom.